The second kappa shape index (κ2) is 6.07. The van der Waals surface area contributed by atoms with Gasteiger partial charge >= 0.3 is 0 Å². The van der Waals surface area contributed by atoms with Crippen molar-refractivity contribution >= 4 is 17.0 Å². The average Bonchev–Trinajstić information content (AvgIpc) is 2.49. The predicted molar refractivity (Wildman–Crippen MR) is 89.4 cm³/mol. The van der Waals surface area contributed by atoms with Crippen LogP contribution in [0.25, 0.3) is 11.0 Å². The van der Waals surface area contributed by atoms with E-state index in [1.165, 1.54) is 32.1 Å². The van der Waals surface area contributed by atoms with Crippen LogP contribution in [0.5, 0.6) is 0 Å². The number of nitrogens with one attached hydrogen (secondary N) is 1. The van der Waals surface area contributed by atoms with Crippen molar-refractivity contribution < 1.29 is 0 Å². The highest BCUT2D eigenvalue weighted by Gasteiger charge is 2.16. The van der Waals surface area contributed by atoms with Crippen LogP contribution in [0, 0.1) is 6.92 Å². The van der Waals surface area contributed by atoms with Gasteiger partial charge in [-0.15, -0.1) is 0 Å². The highest BCUT2D eigenvalue weighted by molar-refractivity contribution is 5.76. The lowest BCUT2D eigenvalue weighted by molar-refractivity contribution is 0.461. The zero-order valence-electron chi connectivity index (χ0n) is 13.6. The van der Waals surface area contributed by atoms with Crippen molar-refractivity contribution in [3.05, 3.63) is 28.2 Å². The summed E-state index contributed by atoms with van der Waals surface area (Å²) in [4.78, 5) is 21.5. The Morgan fingerprint density at radius 1 is 1.27 bits per heavy atom. The number of pyridine rings is 1. The summed E-state index contributed by atoms with van der Waals surface area (Å²) < 4.78 is 1.76. The average molecular weight is 300 g/mol. The van der Waals surface area contributed by atoms with Gasteiger partial charge in [0, 0.05) is 29.2 Å². The van der Waals surface area contributed by atoms with Crippen molar-refractivity contribution in [1.29, 1.82) is 0 Å². The van der Waals surface area contributed by atoms with Crippen LogP contribution in [0.2, 0.25) is 0 Å². The lowest BCUT2D eigenvalue weighted by atomic mass is 9.96. The molecule has 2 heterocycles. The molecular formula is C17H24N4O. The monoisotopic (exact) mass is 300 g/mol. The number of nitrogens with zero attached hydrogens (tertiary/aromatic N) is 3. The molecule has 1 N–H and O–H groups in total. The Morgan fingerprint density at radius 2 is 2.00 bits per heavy atom. The number of aromatic nitrogens is 3. The lowest BCUT2D eigenvalue weighted by Gasteiger charge is -2.23. The van der Waals surface area contributed by atoms with Crippen LogP contribution >= 0.6 is 0 Å². The summed E-state index contributed by atoms with van der Waals surface area (Å²) >= 11 is 0. The van der Waals surface area contributed by atoms with Gasteiger partial charge in [0.1, 0.15) is 5.65 Å². The molecule has 2 aromatic heterocycles. The smallest absolute Gasteiger partial charge is 0.255 e. The Labute approximate surface area is 130 Å². The first kappa shape index (κ1) is 15.0. The summed E-state index contributed by atoms with van der Waals surface area (Å²) in [5, 5.41) is 4.35. The van der Waals surface area contributed by atoms with Gasteiger partial charge < -0.3 is 5.32 Å². The maximum Gasteiger partial charge on any atom is 0.255 e. The van der Waals surface area contributed by atoms with E-state index in [1.807, 2.05) is 33.0 Å². The zero-order valence-corrected chi connectivity index (χ0v) is 13.6. The molecule has 118 valence electrons. The molecule has 0 aromatic carbocycles. The van der Waals surface area contributed by atoms with Crippen LogP contribution in [-0.4, -0.2) is 20.6 Å². The summed E-state index contributed by atoms with van der Waals surface area (Å²) in [6.07, 6.45) is 8.02. The number of anilines is 1. The Bertz CT molecular complexity index is 729. The molecular weight excluding hydrogens is 276 g/mol. The zero-order chi connectivity index (χ0) is 15.7. The quantitative estimate of drug-likeness (QED) is 0.943. The Kier molecular flexibility index (Phi) is 4.14. The molecule has 1 fully saturated rings. The molecule has 1 saturated carbocycles. The minimum Gasteiger partial charge on any atom is -0.351 e. The molecule has 0 radical (unpaired) electrons. The largest absolute Gasteiger partial charge is 0.351 e. The molecule has 5 nitrogen and oxygen atoms in total. The molecule has 0 aliphatic heterocycles. The SMILES string of the molecule is Cc1cc2cnc(NC3CCCCC3)nc2n(C(C)C)c1=O. The van der Waals surface area contributed by atoms with Gasteiger partial charge in [0.15, 0.2) is 0 Å². The van der Waals surface area contributed by atoms with E-state index < -0.39 is 0 Å². The number of aryl methyl sites for hydroxylation is 1. The molecule has 0 saturated heterocycles. The van der Waals surface area contributed by atoms with E-state index in [0.717, 1.165) is 16.6 Å². The highest BCUT2D eigenvalue weighted by Crippen LogP contribution is 2.21. The number of fused-ring (bicyclic) bond motifs is 1. The maximum atomic E-state index is 12.4. The van der Waals surface area contributed by atoms with E-state index in [1.54, 1.807) is 4.57 Å². The van der Waals surface area contributed by atoms with Gasteiger partial charge in [0.05, 0.1) is 0 Å². The molecule has 0 bridgehead atoms. The standard InChI is InChI=1S/C17H24N4O/c1-11(2)21-15-13(9-12(3)16(21)22)10-18-17(20-15)19-14-7-5-4-6-8-14/h9-11,14H,4-8H2,1-3H3,(H,18,19,20). The van der Waals surface area contributed by atoms with E-state index in [-0.39, 0.29) is 11.6 Å². The fraction of sp³-hybridized carbons (Fsp3) is 0.588. The number of rotatable bonds is 3. The molecule has 2 aromatic rings. The van der Waals surface area contributed by atoms with Crippen LogP contribution in [0.4, 0.5) is 5.95 Å². The van der Waals surface area contributed by atoms with E-state index in [2.05, 4.69) is 15.3 Å². The summed E-state index contributed by atoms with van der Waals surface area (Å²) in [5.41, 5.74) is 1.49. The van der Waals surface area contributed by atoms with E-state index in [9.17, 15) is 4.79 Å². The van der Waals surface area contributed by atoms with Crippen molar-refractivity contribution in [2.75, 3.05) is 5.32 Å². The van der Waals surface area contributed by atoms with Gasteiger partial charge in [-0.3, -0.25) is 9.36 Å². The summed E-state index contributed by atoms with van der Waals surface area (Å²) in [7, 11) is 0. The molecule has 1 aliphatic rings. The molecule has 1 aliphatic carbocycles. The lowest BCUT2D eigenvalue weighted by Crippen LogP contribution is -2.26. The van der Waals surface area contributed by atoms with E-state index in [0.29, 0.717) is 12.0 Å². The first-order valence-corrected chi connectivity index (χ1v) is 8.21. The second-order valence-corrected chi connectivity index (χ2v) is 6.55. The minimum absolute atomic E-state index is 0.0322. The maximum absolute atomic E-state index is 12.4. The van der Waals surface area contributed by atoms with Crippen LogP contribution < -0.4 is 10.9 Å². The summed E-state index contributed by atoms with van der Waals surface area (Å²) in [6, 6.07) is 2.41. The van der Waals surface area contributed by atoms with Gasteiger partial charge in [-0.05, 0) is 39.7 Å². The van der Waals surface area contributed by atoms with Crippen molar-refractivity contribution in [3.63, 3.8) is 0 Å². The van der Waals surface area contributed by atoms with Crippen LogP contribution in [0.1, 0.15) is 57.6 Å². The van der Waals surface area contributed by atoms with Gasteiger partial charge in [0.2, 0.25) is 5.95 Å². The van der Waals surface area contributed by atoms with Crippen molar-refractivity contribution in [3.8, 4) is 0 Å². The van der Waals surface area contributed by atoms with Crippen molar-refractivity contribution in [2.45, 2.75) is 65.0 Å². The highest BCUT2D eigenvalue weighted by atomic mass is 16.1. The summed E-state index contributed by atoms with van der Waals surface area (Å²) in [6.45, 7) is 5.86. The molecule has 0 amide bonds. The first-order chi connectivity index (χ1) is 10.6. The molecule has 3 rings (SSSR count). The van der Waals surface area contributed by atoms with E-state index in [4.69, 9.17) is 0 Å². The number of hydrogen-bond donors (Lipinski definition) is 1. The Balaban J connectivity index is 2.02. The first-order valence-electron chi connectivity index (χ1n) is 8.21. The van der Waals surface area contributed by atoms with Crippen LogP contribution in [-0.2, 0) is 0 Å². The number of hydrogen-bond acceptors (Lipinski definition) is 4. The van der Waals surface area contributed by atoms with Gasteiger partial charge in [0.25, 0.3) is 5.56 Å². The van der Waals surface area contributed by atoms with Crippen molar-refractivity contribution in [1.82, 2.24) is 14.5 Å². The molecule has 5 heteroatoms. The third kappa shape index (κ3) is 2.85. The Morgan fingerprint density at radius 3 is 2.68 bits per heavy atom. The Hall–Kier alpha value is -1.91. The van der Waals surface area contributed by atoms with Crippen LogP contribution in [0.15, 0.2) is 17.1 Å². The van der Waals surface area contributed by atoms with E-state index >= 15 is 0 Å². The second-order valence-electron chi connectivity index (χ2n) is 6.55. The molecule has 22 heavy (non-hydrogen) atoms. The predicted octanol–water partition coefficient (Wildman–Crippen LogP) is 3.43. The molecule has 0 atom stereocenters. The molecule has 0 spiro atoms. The topological polar surface area (TPSA) is 59.8 Å². The third-order valence-corrected chi connectivity index (χ3v) is 4.41. The normalized spacial score (nSPS) is 16.4. The van der Waals surface area contributed by atoms with Crippen LogP contribution in [0.3, 0.4) is 0 Å². The summed E-state index contributed by atoms with van der Waals surface area (Å²) in [5.74, 6) is 0.636. The van der Waals surface area contributed by atoms with Gasteiger partial charge in [-0.2, -0.15) is 4.98 Å². The fourth-order valence-electron chi connectivity index (χ4n) is 3.24. The minimum atomic E-state index is 0.0322. The van der Waals surface area contributed by atoms with Gasteiger partial charge in [-0.1, -0.05) is 19.3 Å². The fourth-order valence-corrected chi connectivity index (χ4v) is 3.24. The third-order valence-electron chi connectivity index (χ3n) is 4.41. The van der Waals surface area contributed by atoms with Crippen molar-refractivity contribution in [2.24, 2.45) is 0 Å². The van der Waals surface area contributed by atoms with Gasteiger partial charge in [-0.25, -0.2) is 4.98 Å². The molecule has 0 unspecified atom stereocenters.